The summed E-state index contributed by atoms with van der Waals surface area (Å²) in [5.41, 5.74) is 2.70. The monoisotopic (exact) mass is 472 g/mol. The Morgan fingerprint density at radius 1 is 1.03 bits per heavy atom. The Kier molecular flexibility index (Phi) is 6.68. The van der Waals surface area contributed by atoms with Gasteiger partial charge in [0.2, 0.25) is 0 Å². The minimum absolute atomic E-state index is 0.0185. The van der Waals surface area contributed by atoms with Crippen LogP contribution in [0, 0.1) is 0 Å². The molecule has 2 aliphatic rings. The average molecular weight is 473 g/mol. The number of benzene rings is 1. The summed E-state index contributed by atoms with van der Waals surface area (Å²) in [5.74, 6) is 0.844. The molecule has 2 fully saturated rings. The third-order valence-electron chi connectivity index (χ3n) is 7.33. The normalized spacial score (nSPS) is 18.1. The Morgan fingerprint density at radius 2 is 1.86 bits per heavy atom. The minimum Gasteiger partial charge on any atom is -0.464 e. The van der Waals surface area contributed by atoms with Gasteiger partial charge < -0.3 is 9.32 Å². The molecule has 3 amide bonds. The van der Waals surface area contributed by atoms with E-state index in [9.17, 15) is 9.59 Å². The summed E-state index contributed by atoms with van der Waals surface area (Å²) in [4.78, 5) is 36.6. The van der Waals surface area contributed by atoms with Crippen molar-refractivity contribution in [1.29, 1.82) is 0 Å². The molecular formula is C28H32N4O3. The number of imide groups is 1. The standard InChI is InChI=1S/C28H32N4O3/c1-2-32-27(34)31(15-5-9-22-8-4-14-29-20-22)26(33)28(32)12-16-30(17-13-28)21-23-7-3-10-24(19-23)25-11-6-18-35-25/h3-4,6-8,10-11,14,18-20H,2,5,9,12-13,15-17,21H2,1H3. The van der Waals surface area contributed by atoms with Crippen LogP contribution < -0.4 is 0 Å². The van der Waals surface area contributed by atoms with Crippen molar-refractivity contribution in [3.05, 3.63) is 78.3 Å². The molecule has 35 heavy (non-hydrogen) atoms. The molecule has 2 saturated heterocycles. The van der Waals surface area contributed by atoms with Gasteiger partial charge in [-0.3, -0.25) is 19.6 Å². The molecule has 0 N–H and O–H groups in total. The van der Waals surface area contributed by atoms with Gasteiger partial charge >= 0.3 is 6.03 Å². The molecule has 7 nitrogen and oxygen atoms in total. The molecule has 2 aliphatic heterocycles. The number of piperidine rings is 1. The molecule has 0 unspecified atom stereocenters. The molecule has 3 aromatic rings. The number of likely N-dealkylation sites (tertiary alicyclic amines) is 1. The lowest BCUT2D eigenvalue weighted by molar-refractivity contribution is -0.135. The van der Waals surface area contributed by atoms with Gasteiger partial charge in [-0.05, 0) is 68.0 Å². The van der Waals surface area contributed by atoms with Crippen molar-refractivity contribution in [2.45, 2.75) is 44.7 Å². The molecule has 0 atom stereocenters. The van der Waals surface area contributed by atoms with E-state index in [1.807, 2.05) is 42.3 Å². The number of aromatic nitrogens is 1. The number of hydrogen-bond acceptors (Lipinski definition) is 5. The number of carbonyl (C=O) groups is 2. The van der Waals surface area contributed by atoms with Gasteiger partial charge in [0.25, 0.3) is 5.91 Å². The van der Waals surface area contributed by atoms with E-state index in [1.165, 1.54) is 10.5 Å². The van der Waals surface area contributed by atoms with Crippen LogP contribution in [0.5, 0.6) is 0 Å². The van der Waals surface area contributed by atoms with Gasteiger partial charge in [0.15, 0.2) is 0 Å². The van der Waals surface area contributed by atoms with Crippen molar-refractivity contribution >= 4 is 11.9 Å². The molecule has 0 saturated carbocycles. The highest BCUT2D eigenvalue weighted by molar-refractivity contribution is 6.07. The largest absolute Gasteiger partial charge is 0.464 e. The second kappa shape index (κ2) is 10.0. The molecule has 1 aromatic carbocycles. The summed E-state index contributed by atoms with van der Waals surface area (Å²) >= 11 is 0. The van der Waals surface area contributed by atoms with Crippen molar-refractivity contribution in [2.24, 2.45) is 0 Å². The smallest absolute Gasteiger partial charge is 0.327 e. The zero-order valence-corrected chi connectivity index (χ0v) is 20.2. The van der Waals surface area contributed by atoms with Gasteiger partial charge in [-0.25, -0.2) is 4.79 Å². The number of hydrogen-bond donors (Lipinski definition) is 0. The van der Waals surface area contributed by atoms with E-state index < -0.39 is 5.54 Å². The van der Waals surface area contributed by atoms with Gasteiger partial charge in [-0.15, -0.1) is 0 Å². The van der Waals surface area contributed by atoms with E-state index >= 15 is 0 Å². The summed E-state index contributed by atoms with van der Waals surface area (Å²) in [6.07, 6.45) is 8.16. The number of rotatable bonds is 8. The number of pyridine rings is 1. The summed E-state index contributed by atoms with van der Waals surface area (Å²) < 4.78 is 5.54. The van der Waals surface area contributed by atoms with Crippen LogP contribution in [-0.2, 0) is 17.8 Å². The SMILES string of the molecule is CCN1C(=O)N(CCCc2cccnc2)C(=O)C12CCN(Cc1cccc(-c3ccco3)c1)CC2. The van der Waals surface area contributed by atoms with Crippen LogP contribution in [0.25, 0.3) is 11.3 Å². The minimum atomic E-state index is -0.702. The summed E-state index contributed by atoms with van der Waals surface area (Å²) in [5, 5.41) is 0. The number of urea groups is 1. The number of furan rings is 1. The van der Waals surface area contributed by atoms with Crippen LogP contribution in [-0.4, -0.2) is 63.3 Å². The molecule has 2 aromatic heterocycles. The number of carbonyl (C=O) groups excluding carboxylic acids is 2. The van der Waals surface area contributed by atoms with Gasteiger partial charge in [0, 0.05) is 50.7 Å². The first kappa shape index (κ1) is 23.3. The van der Waals surface area contributed by atoms with E-state index in [0.29, 0.717) is 25.9 Å². The Balaban J connectivity index is 1.22. The third kappa shape index (κ3) is 4.60. The predicted octanol–water partition coefficient (Wildman–Crippen LogP) is 4.59. The molecule has 5 rings (SSSR count). The van der Waals surface area contributed by atoms with E-state index in [4.69, 9.17) is 4.42 Å². The topological polar surface area (TPSA) is 69.9 Å². The lowest BCUT2D eigenvalue weighted by Gasteiger charge is -2.42. The second-order valence-corrected chi connectivity index (χ2v) is 9.43. The summed E-state index contributed by atoms with van der Waals surface area (Å²) in [7, 11) is 0. The van der Waals surface area contributed by atoms with E-state index in [0.717, 1.165) is 49.4 Å². The van der Waals surface area contributed by atoms with Gasteiger partial charge in [0.05, 0.1) is 6.26 Å². The number of nitrogens with zero attached hydrogens (tertiary/aromatic N) is 4. The van der Waals surface area contributed by atoms with Crippen molar-refractivity contribution in [3.63, 3.8) is 0 Å². The van der Waals surface area contributed by atoms with Crippen LogP contribution in [0.1, 0.15) is 37.3 Å². The molecule has 7 heteroatoms. The Morgan fingerprint density at radius 3 is 2.57 bits per heavy atom. The van der Waals surface area contributed by atoms with Crippen LogP contribution >= 0.6 is 0 Å². The van der Waals surface area contributed by atoms with Gasteiger partial charge in [0.1, 0.15) is 11.3 Å². The maximum Gasteiger partial charge on any atom is 0.327 e. The van der Waals surface area contributed by atoms with Crippen molar-refractivity contribution in [2.75, 3.05) is 26.2 Å². The predicted molar refractivity (Wildman–Crippen MR) is 133 cm³/mol. The fraction of sp³-hybridized carbons (Fsp3) is 0.393. The number of amides is 3. The Hall–Kier alpha value is -3.45. The Bertz CT molecular complexity index is 1150. The van der Waals surface area contributed by atoms with Crippen LogP contribution in [0.3, 0.4) is 0 Å². The molecular weight excluding hydrogens is 440 g/mol. The molecule has 0 bridgehead atoms. The van der Waals surface area contributed by atoms with Crippen molar-refractivity contribution in [3.8, 4) is 11.3 Å². The second-order valence-electron chi connectivity index (χ2n) is 9.43. The molecule has 0 radical (unpaired) electrons. The van der Waals surface area contributed by atoms with Crippen molar-refractivity contribution < 1.29 is 14.0 Å². The molecule has 0 aliphatic carbocycles. The summed E-state index contributed by atoms with van der Waals surface area (Å²) in [6, 6.07) is 16.1. The first-order valence-electron chi connectivity index (χ1n) is 12.5. The third-order valence-corrected chi connectivity index (χ3v) is 7.33. The van der Waals surface area contributed by atoms with Gasteiger partial charge in [-0.1, -0.05) is 24.3 Å². The first-order chi connectivity index (χ1) is 17.1. The number of likely N-dealkylation sites (N-methyl/N-ethyl adjacent to an activating group) is 1. The first-order valence-corrected chi connectivity index (χ1v) is 12.5. The van der Waals surface area contributed by atoms with E-state index in [-0.39, 0.29) is 11.9 Å². The zero-order chi connectivity index (χ0) is 24.3. The molecule has 4 heterocycles. The fourth-order valence-corrected chi connectivity index (χ4v) is 5.49. The number of aryl methyl sites for hydroxylation is 1. The lowest BCUT2D eigenvalue weighted by Crippen LogP contribution is -2.56. The maximum absolute atomic E-state index is 13.6. The highest BCUT2D eigenvalue weighted by atomic mass is 16.3. The van der Waals surface area contributed by atoms with Crippen LogP contribution in [0.4, 0.5) is 4.79 Å². The Labute approximate surface area is 206 Å². The highest BCUT2D eigenvalue weighted by Gasteiger charge is 2.57. The van der Waals surface area contributed by atoms with Gasteiger partial charge in [-0.2, -0.15) is 0 Å². The molecule has 1 spiro atoms. The average Bonchev–Trinajstić information content (AvgIpc) is 3.49. The van der Waals surface area contributed by atoms with E-state index in [2.05, 4.69) is 34.1 Å². The fourth-order valence-electron chi connectivity index (χ4n) is 5.49. The summed E-state index contributed by atoms with van der Waals surface area (Å²) in [6.45, 7) is 5.35. The quantitative estimate of drug-likeness (QED) is 0.449. The molecule has 182 valence electrons. The maximum atomic E-state index is 13.6. The zero-order valence-electron chi connectivity index (χ0n) is 20.2. The van der Waals surface area contributed by atoms with E-state index in [1.54, 1.807) is 12.5 Å². The highest BCUT2D eigenvalue weighted by Crippen LogP contribution is 2.37. The van der Waals surface area contributed by atoms with Crippen molar-refractivity contribution in [1.82, 2.24) is 19.7 Å². The lowest BCUT2D eigenvalue weighted by atomic mass is 9.85. The van der Waals surface area contributed by atoms with Crippen LogP contribution in [0.15, 0.2) is 71.6 Å². The van der Waals surface area contributed by atoms with Crippen LogP contribution in [0.2, 0.25) is 0 Å².